The molecule has 138 valence electrons. The topological polar surface area (TPSA) is 212 Å². The number of rotatable bonds is 8. The highest BCUT2D eigenvalue weighted by Crippen LogP contribution is 2.36. The third-order valence-electron chi connectivity index (χ3n) is 4.11. The summed E-state index contributed by atoms with van der Waals surface area (Å²) in [6.07, 6.45) is -15.4. The van der Waals surface area contributed by atoms with Crippen LogP contribution in [0.15, 0.2) is 0 Å². The van der Waals surface area contributed by atoms with Gasteiger partial charge in [0, 0.05) is 0 Å². The molecule has 0 spiro atoms. The molecule has 1 aliphatic rings. The molecule has 0 saturated carbocycles. The van der Waals surface area contributed by atoms with Crippen molar-refractivity contribution >= 4 is 0 Å². The standard InChI is InChI=1S/C12H24O11/c13-1-4(16)6(17)8(19)9(20)11(22)12(3-15)10(21)7(18)5(2-14)23-12/h4-11,13-22H,1-3H2/t4-,5-,6-,7-,8+,9-,10+,11?,12?/m1/s1. The largest absolute Gasteiger partial charge is 0.394 e. The summed E-state index contributed by atoms with van der Waals surface area (Å²) in [5.41, 5.74) is -2.34. The molecule has 10 N–H and O–H groups in total. The Kier molecular flexibility index (Phi) is 7.25. The van der Waals surface area contributed by atoms with Crippen LogP contribution in [0.2, 0.25) is 0 Å². The minimum Gasteiger partial charge on any atom is -0.394 e. The highest BCUT2D eigenvalue weighted by Gasteiger charge is 2.60. The van der Waals surface area contributed by atoms with Crippen LogP contribution in [0.5, 0.6) is 0 Å². The Morgan fingerprint density at radius 1 is 0.870 bits per heavy atom. The molecule has 0 radical (unpaired) electrons. The monoisotopic (exact) mass is 344 g/mol. The zero-order chi connectivity index (χ0) is 17.9. The molecule has 11 nitrogen and oxygen atoms in total. The van der Waals surface area contributed by atoms with Gasteiger partial charge in [-0.05, 0) is 0 Å². The molecule has 23 heavy (non-hydrogen) atoms. The van der Waals surface area contributed by atoms with Crippen LogP contribution in [0.1, 0.15) is 0 Å². The summed E-state index contributed by atoms with van der Waals surface area (Å²) in [5.74, 6) is 0. The molecule has 11 heteroatoms. The van der Waals surface area contributed by atoms with Crippen LogP contribution in [0.4, 0.5) is 0 Å². The Bertz CT molecular complexity index is 369. The smallest absolute Gasteiger partial charge is 0.148 e. The second-order valence-electron chi connectivity index (χ2n) is 5.55. The number of hydrogen-bond acceptors (Lipinski definition) is 11. The molecule has 1 aliphatic heterocycles. The van der Waals surface area contributed by atoms with E-state index in [0.717, 1.165) is 0 Å². The third kappa shape index (κ3) is 3.65. The van der Waals surface area contributed by atoms with E-state index in [4.69, 9.17) is 14.9 Å². The fourth-order valence-corrected chi connectivity index (χ4v) is 2.54. The average Bonchev–Trinajstić information content (AvgIpc) is 2.83. The first-order valence-electron chi connectivity index (χ1n) is 6.94. The van der Waals surface area contributed by atoms with Gasteiger partial charge in [0.25, 0.3) is 0 Å². The van der Waals surface area contributed by atoms with Gasteiger partial charge < -0.3 is 55.8 Å². The van der Waals surface area contributed by atoms with Crippen molar-refractivity contribution < 1.29 is 55.8 Å². The Balaban J connectivity index is 2.98. The summed E-state index contributed by atoms with van der Waals surface area (Å²) in [4.78, 5) is 0. The molecule has 0 bridgehead atoms. The van der Waals surface area contributed by atoms with Crippen molar-refractivity contribution in [2.75, 3.05) is 19.8 Å². The molecule has 9 atom stereocenters. The van der Waals surface area contributed by atoms with Crippen molar-refractivity contribution in [2.24, 2.45) is 0 Å². The molecular formula is C12H24O11. The highest BCUT2D eigenvalue weighted by atomic mass is 16.6. The zero-order valence-electron chi connectivity index (χ0n) is 12.1. The summed E-state index contributed by atoms with van der Waals surface area (Å²) in [6.45, 7) is -2.78. The summed E-state index contributed by atoms with van der Waals surface area (Å²) >= 11 is 0. The minimum absolute atomic E-state index is 0.753. The zero-order valence-corrected chi connectivity index (χ0v) is 12.1. The first kappa shape index (κ1) is 20.6. The van der Waals surface area contributed by atoms with Gasteiger partial charge >= 0.3 is 0 Å². The van der Waals surface area contributed by atoms with Crippen molar-refractivity contribution in [3.63, 3.8) is 0 Å². The second-order valence-corrected chi connectivity index (χ2v) is 5.55. The van der Waals surface area contributed by atoms with Gasteiger partial charge in [-0.15, -0.1) is 0 Å². The number of aliphatic hydroxyl groups is 10. The van der Waals surface area contributed by atoms with Crippen LogP contribution >= 0.6 is 0 Å². The van der Waals surface area contributed by atoms with Crippen LogP contribution in [0.25, 0.3) is 0 Å². The first-order valence-corrected chi connectivity index (χ1v) is 6.94. The van der Waals surface area contributed by atoms with Gasteiger partial charge in [0.15, 0.2) is 0 Å². The van der Waals surface area contributed by atoms with E-state index in [-0.39, 0.29) is 0 Å². The summed E-state index contributed by atoms with van der Waals surface area (Å²) in [5, 5.41) is 95.4. The third-order valence-corrected chi connectivity index (χ3v) is 4.11. The summed E-state index contributed by atoms with van der Waals surface area (Å²) in [6, 6.07) is 0. The normalized spacial score (nSPS) is 38.1. The Hall–Kier alpha value is -0.440. The van der Waals surface area contributed by atoms with E-state index in [2.05, 4.69) is 0 Å². The van der Waals surface area contributed by atoms with E-state index in [0.29, 0.717) is 0 Å². The molecule has 1 heterocycles. The average molecular weight is 344 g/mol. The van der Waals surface area contributed by atoms with Crippen molar-refractivity contribution in [1.29, 1.82) is 0 Å². The van der Waals surface area contributed by atoms with Crippen molar-refractivity contribution in [3.05, 3.63) is 0 Å². The van der Waals surface area contributed by atoms with E-state index in [1.54, 1.807) is 0 Å². The maximum atomic E-state index is 10.1. The quantitative estimate of drug-likeness (QED) is 0.200. The van der Waals surface area contributed by atoms with Gasteiger partial charge in [0.05, 0.1) is 19.8 Å². The lowest BCUT2D eigenvalue weighted by atomic mass is 9.83. The van der Waals surface area contributed by atoms with Crippen LogP contribution in [0, 0.1) is 0 Å². The molecule has 0 aromatic rings. The highest BCUT2D eigenvalue weighted by molar-refractivity contribution is 5.09. The number of aliphatic hydroxyl groups excluding tert-OH is 10. The molecule has 1 saturated heterocycles. The van der Waals surface area contributed by atoms with Crippen molar-refractivity contribution in [2.45, 2.75) is 54.4 Å². The lowest BCUT2D eigenvalue weighted by Crippen LogP contribution is -2.63. The predicted molar refractivity (Wildman–Crippen MR) is 70.9 cm³/mol. The molecule has 0 aromatic carbocycles. The van der Waals surface area contributed by atoms with E-state index in [1.165, 1.54) is 0 Å². The Morgan fingerprint density at radius 2 is 1.43 bits per heavy atom. The SMILES string of the molecule is OC[C@@H](O)[C@@H](O)[C@H](O)[C@@H](O)C(O)C1(CO)O[C@H](CO)[C@@H](O)[C@@H]1O. The van der Waals surface area contributed by atoms with Gasteiger partial charge in [-0.25, -0.2) is 0 Å². The van der Waals surface area contributed by atoms with Crippen LogP contribution in [0.3, 0.4) is 0 Å². The van der Waals surface area contributed by atoms with Crippen molar-refractivity contribution in [3.8, 4) is 0 Å². The lowest BCUT2D eigenvalue weighted by Gasteiger charge is -2.39. The molecule has 1 fully saturated rings. The van der Waals surface area contributed by atoms with Crippen LogP contribution in [-0.2, 0) is 4.74 Å². The van der Waals surface area contributed by atoms with Gasteiger partial charge in [-0.2, -0.15) is 0 Å². The van der Waals surface area contributed by atoms with Gasteiger partial charge in [0.2, 0.25) is 0 Å². The molecule has 0 amide bonds. The molecule has 0 aliphatic carbocycles. The van der Waals surface area contributed by atoms with E-state index in [9.17, 15) is 40.9 Å². The number of ether oxygens (including phenoxy) is 1. The van der Waals surface area contributed by atoms with Gasteiger partial charge in [-0.3, -0.25) is 0 Å². The fraction of sp³-hybridized carbons (Fsp3) is 1.00. The van der Waals surface area contributed by atoms with E-state index in [1.807, 2.05) is 0 Å². The maximum Gasteiger partial charge on any atom is 0.148 e. The van der Waals surface area contributed by atoms with E-state index >= 15 is 0 Å². The molecule has 0 aromatic heterocycles. The van der Waals surface area contributed by atoms with Crippen LogP contribution < -0.4 is 0 Å². The van der Waals surface area contributed by atoms with E-state index < -0.39 is 74.3 Å². The molecular weight excluding hydrogens is 320 g/mol. The Morgan fingerprint density at radius 3 is 1.83 bits per heavy atom. The summed E-state index contributed by atoms with van der Waals surface area (Å²) < 4.78 is 5.06. The van der Waals surface area contributed by atoms with Gasteiger partial charge in [-0.1, -0.05) is 0 Å². The second kappa shape index (κ2) is 8.09. The fourth-order valence-electron chi connectivity index (χ4n) is 2.54. The first-order chi connectivity index (χ1) is 10.7. The Labute approximate surface area is 131 Å². The predicted octanol–water partition coefficient (Wildman–Crippen LogP) is -6.37. The molecule has 1 rings (SSSR count). The molecule has 2 unspecified atom stereocenters. The number of hydrogen-bond donors (Lipinski definition) is 10. The minimum atomic E-state index is -2.34. The van der Waals surface area contributed by atoms with Gasteiger partial charge in [0.1, 0.15) is 54.4 Å². The lowest BCUT2D eigenvalue weighted by molar-refractivity contribution is -0.224. The van der Waals surface area contributed by atoms with Crippen LogP contribution in [-0.4, -0.2) is 125 Å². The summed E-state index contributed by atoms with van der Waals surface area (Å²) in [7, 11) is 0. The van der Waals surface area contributed by atoms with Crippen molar-refractivity contribution in [1.82, 2.24) is 0 Å². The maximum absolute atomic E-state index is 10.1.